The molecule has 0 radical (unpaired) electrons. The molecule has 0 heterocycles. The first-order valence-corrected chi connectivity index (χ1v) is 5.22. The molecule has 0 amide bonds. The summed E-state index contributed by atoms with van der Waals surface area (Å²) in [7, 11) is -3.29. The van der Waals surface area contributed by atoms with Gasteiger partial charge in [-0.25, -0.2) is 0 Å². The summed E-state index contributed by atoms with van der Waals surface area (Å²) < 4.78 is 26.2. The smallest absolute Gasteiger partial charge is 0.308 e. The first kappa shape index (κ1) is 10.5. The molecule has 0 unspecified atom stereocenters. The average molecular weight is 178 g/mol. The lowest BCUT2D eigenvalue weighted by Crippen LogP contribution is -2.06. The average Bonchev–Trinajstić information content (AvgIpc) is 1.97. The molecule has 0 atom stereocenters. The Bertz CT molecular complexity index is 204. The molecule has 0 fully saturated rings. The lowest BCUT2D eigenvalue weighted by molar-refractivity contribution is 0.441. The molecule has 0 saturated carbocycles. The minimum Gasteiger partial charge on any atom is -0.391 e. The Morgan fingerprint density at radius 3 is 2.55 bits per heavy atom. The molecule has 0 aromatic rings. The minimum atomic E-state index is -3.29. The standard InChI is InChI=1S/C7H14O3S/c1-3-5-7-11(8,9)10-6-4-2/h4,6H,3,5,7H2,1-2H3/b6-4+. The third-order valence-corrected chi connectivity index (χ3v) is 2.28. The van der Waals surface area contributed by atoms with Crippen molar-refractivity contribution in [3.05, 3.63) is 12.3 Å². The number of rotatable bonds is 5. The van der Waals surface area contributed by atoms with Crippen molar-refractivity contribution >= 4 is 10.1 Å². The maximum atomic E-state index is 10.9. The van der Waals surface area contributed by atoms with Crippen LogP contribution in [0.3, 0.4) is 0 Å². The second kappa shape index (κ2) is 5.18. The van der Waals surface area contributed by atoms with Gasteiger partial charge in [-0.1, -0.05) is 19.4 Å². The van der Waals surface area contributed by atoms with Gasteiger partial charge in [0.1, 0.15) is 6.26 Å². The Hall–Kier alpha value is -0.510. The van der Waals surface area contributed by atoms with Crippen molar-refractivity contribution < 1.29 is 12.6 Å². The molecule has 0 aliphatic carbocycles. The lowest BCUT2D eigenvalue weighted by Gasteiger charge is -1.99. The predicted molar refractivity (Wildman–Crippen MR) is 44.6 cm³/mol. The molecule has 0 rings (SSSR count). The van der Waals surface area contributed by atoms with Crippen molar-refractivity contribution in [2.75, 3.05) is 5.75 Å². The van der Waals surface area contributed by atoms with Gasteiger partial charge in [-0.05, 0) is 13.3 Å². The van der Waals surface area contributed by atoms with E-state index < -0.39 is 10.1 Å². The molecule has 0 spiro atoms. The van der Waals surface area contributed by atoms with E-state index in [4.69, 9.17) is 0 Å². The fourth-order valence-corrected chi connectivity index (χ4v) is 1.53. The van der Waals surface area contributed by atoms with Gasteiger partial charge in [0.2, 0.25) is 0 Å². The highest BCUT2D eigenvalue weighted by Crippen LogP contribution is 1.98. The highest BCUT2D eigenvalue weighted by molar-refractivity contribution is 7.86. The van der Waals surface area contributed by atoms with E-state index in [1.165, 1.54) is 6.26 Å². The highest BCUT2D eigenvalue weighted by Gasteiger charge is 2.07. The van der Waals surface area contributed by atoms with Crippen LogP contribution in [0.15, 0.2) is 12.3 Å². The Balaban J connectivity index is 3.82. The molecule has 0 bridgehead atoms. The van der Waals surface area contributed by atoms with E-state index in [-0.39, 0.29) is 5.75 Å². The first-order chi connectivity index (χ1) is 5.12. The van der Waals surface area contributed by atoms with Crippen molar-refractivity contribution in [3.8, 4) is 0 Å². The van der Waals surface area contributed by atoms with Crippen LogP contribution < -0.4 is 0 Å². The maximum absolute atomic E-state index is 10.9. The third kappa shape index (κ3) is 5.91. The summed E-state index contributed by atoms with van der Waals surface area (Å²) in [6.45, 7) is 3.64. The van der Waals surface area contributed by atoms with Gasteiger partial charge in [-0.15, -0.1) is 0 Å². The van der Waals surface area contributed by atoms with Crippen LogP contribution in [0.2, 0.25) is 0 Å². The van der Waals surface area contributed by atoms with E-state index in [0.29, 0.717) is 6.42 Å². The van der Waals surface area contributed by atoms with Crippen molar-refractivity contribution in [3.63, 3.8) is 0 Å². The minimum absolute atomic E-state index is 0.105. The van der Waals surface area contributed by atoms with Crippen molar-refractivity contribution in [1.29, 1.82) is 0 Å². The van der Waals surface area contributed by atoms with Crippen molar-refractivity contribution in [2.45, 2.75) is 26.7 Å². The summed E-state index contributed by atoms with van der Waals surface area (Å²) >= 11 is 0. The zero-order valence-corrected chi connectivity index (χ0v) is 7.73. The summed E-state index contributed by atoms with van der Waals surface area (Å²) in [5, 5.41) is 0. The van der Waals surface area contributed by atoms with Crippen LogP contribution >= 0.6 is 0 Å². The second-order valence-electron chi connectivity index (χ2n) is 2.18. The number of allylic oxidation sites excluding steroid dienone is 1. The van der Waals surface area contributed by atoms with Gasteiger partial charge in [0.15, 0.2) is 0 Å². The zero-order valence-electron chi connectivity index (χ0n) is 6.91. The van der Waals surface area contributed by atoms with Crippen LogP contribution in [-0.4, -0.2) is 14.2 Å². The normalized spacial score (nSPS) is 12.2. The number of unbranched alkanes of at least 4 members (excludes halogenated alkanes) is 1. The van der Waals surface area contributed by atoms with Crippen LogP contribution in [-0.2, 0) is 14.3 Å². The quantitative estimate of drug-likeness (QED) is 0.475. The first-order valence-electron chi connectivity index (χ1n) is 3.64. The molecular formula is C7H14O3S. The van der Waals surface area contributed by atoms with E-state index in [2.05, 4.69) is 4.18 Å². The maximum Gasteiger partial charge on any atom is 0.308 e. The Labute approximate surface area is 68.2 Å². The molecule has 66 valence electrons. The van der Waals surface area contributed by atoms with Crippen LogP contribution in [0.4, 0.5) is 0 Å². The molecule has 0 N–H and O–H groups in total. The van der Waals surface area contributed by atoms with E-state index in [1.807, 2.05) is 6.92 Å². The molecule has 3 nitrogen and oxygen atoms in total. The largest absolute Gasteiger partial charge is 0.391 e. The van der Waals surface area contributed by atoms with Gasteiger partial charge in [0, 0.05) is 0 Å². The summed E-state index contributed by atoms with van der Waals surface area (Å²) in [5.41, 5.74) is 0. The Kier molecular flexibility index (Phi) is 4.94. The van der Waals surface area contributed by atoms with Crippen molar-refractivity contribution in [1.82, 2.24) is 0 Å². The third-order valence-electron chi connectivity index (χ3n) is 1.09. The molecule has 0 saturated heterocycles. The van der Waals surface area contributed by atoms with E-state index in [9.17, 15) is 8.42 Å². The Morgan fingerprint density at radius 1 is 1.45 bits per heavy atom. The van der Waals surface area contributed by atoms with Gasteiger partial charge < -0.3 is 4.18 Å². The molecule has 0 aliphatic rings. The topological polar surface area (TPSA) is 43.4 Å². The SMILES string of the molecule is C/C=C/OS(=O)(=O)CCCC. The van der Waals surface area contributed by atoms with E-state index >= 15 is 0 Å². The number of hydrogen-bond acceptors (Lipinski definition) is 3. The predicted octanol–water partition coefficient (Wildman–Crippen LogP) is 1.67. The van der Waals surface area contributed by atoms with Gasteiger partial charge in [0.05, 0.1) is 5.75 Å². The number of hydrogen-bond donors (Lipinski definition) is 0. The van der Waals surface area contributed by atoms with Gasteiger partial charge in [0.25, 0.3) is 0 Å². The molecule has 4 heteroatoms. The monoisotopic (exact) mass is 178 g/mol. The zero-order chi connectivity index (χ0) is 8.74. The Morgan fingerprint density at radius 2 is 2.09 bits per heavy atom. The van der Waals surface area contributed by atoms with Crippen LogP contribution in [0.1, 0.15) is 26.7 Å². The van der Waals surface area contributed by atoms with Gasteiger partial charge in [-0.3, -0.25) is 0 Å². The molecule has 0 aromatic carbocycles. The van der Waals surface area contributed by atoms with Gasteiger partial charge in [-0.2, -0.15) is 8.42 Å². The molecule has 0 aromatic heterocycles. The fourth-order valence-electron chi connectivity index (χ4n) is 0.509. The van der Waals surface area contributed by atoms with Crippen LogP contribution in [0.5, 0.6) is 0 Å². The van der Waals surface area contributed by atoms with Crippen molar-refractivity contribution in [2.24, 2.45) is 0 Å². The fraction of sp³-hybridized carbons (Fsp3) is 0.714. The van der Waals surface area contributed by atoms with Crippen LogP contribution in [0.25, 0.3) is 0 Å². The molecular weight excluding hydrogens is 164 g/mol. The van der Waals surface area contributed by atoms with Crippen LogP contribution in [0, 0.1) is 0 Å². The van der Waals surface area contributed by atoms with E-state index in [0.717, 1.165) is 6.42 Å². The summed E-state index contributed by atoms with van der Waals surface area (Å²) in [4.78, 5) is 0. The summed E-state index contributed by atoms with van der Waals surface area (Å²) in [6, 6.07) is 0. The summed E-state index contributed by atoms with van der Waals surface area (Å²) in [5.74, 6) is 0.105. The molecule has 11 heavy (non-hydrogen) atoms. The van der Waals surface area contributed by atoms with Gasteiger partial charge >= 0.3 is 10.1 Å². The highest BCUT2D eigenvalue weighted by atomic mass is 32.2. The second-order valence-corrected chi connectivity index (χ2v) is 3.90. The molecule has 0 aliphatic heterocycles. The lowest BCUT2D eigenvalue weighted by atomic mass is 10.4. The van der Waals surface area contributed by atoms with E-state index in [1.54, 1.807) is 13.0 Å². The summed E-state index contributed by atoms with van der Waals surface area (Å²) in [6.07, 6.45) is 4.24.